The van der Waals surface area contributed by atoms with Crippen molar-refractivity contribution in [3.63, 3.8) is 0 Å². The Hall–Kier alpha value is 0.534. The number of rotatable bonds is 0. The molecular formula is C7H18N2OY-2. The van der Waals surface area contributed by atoms with Gasteiger partial charge in [-0.3, -0.25) is 0 Å². The zero-order chi connectivity index (χ0) is 9.15. The molecule has 11 heavy (non-hydrogen) atoms. The van der Waals surface area contributed by atoms with Gasteiger partial charge < -0.3 is 16.3 Å². The largest absolute Gasteiger partial charge is 0.675 e. The molecule has 0 aromatic rings. The number of hydrogen-bond acceptors (Lipinski definition) is 1. The van der Waals surface area contributed by atoms with Crippen LogP contribution in [0.5, 0.6) is 0 Å². The molecule has 0 unspecified atom stereocenters. The van der Waals surface area contributed by atoms with Gasteiger partial charge in [-0.25, -0.2) is 0 Å². The average molecular weight is 235 g/mol. The Morgan fingerprint density at radius 3 is 1.27 bits per heavy atom. The normalized spacial score (nSPS) is 6.09. The third-order valence-electron chi connectivity index (χ3n) is 0. The number of amides is 1. The summed E-state index contributed by atoms with van der Waals surface area (Å²) in [5.74, 6) is -0.583. The molecule has 0 spiro atoms. The van der Waals surface area contributed by atoms with Crippen LogP contribution in [0.4, 0.5) is 0 Å². The Morgan fingerprint density at radius 2 is 1.27 bits per heavy atom. The summed E-state index contributed by atoms with van der Waals surface area (Å²) in [4.78, 5) is 9.11. The van der Waals surface area contributed by atoms with Gasteiger partial charge in [-0.15, -0.1) is 6.04 Å². The van der Waals surface area contributed by atoms with Crippen molar-refractivity contribution >= 4 is 5.91 Å². The predicted octanol–water partition coefficient (Wildman–Crippen LogP) is 3.06. The molecule has 1 amide bonds. The summed E-state index contributed by atoms with van der Waals surface area (Å²) in [6.45, 7) is 8.86. The Labute approximate surface area is 95.2 Å². The van der Waals surface area contributed by atoms with Gasteiger partial charge in [0.05, 0.1) is 0 Å². The molecule has 0 bridgehead atoms. The van der Waals surface area contributed by atoms with E-state index in [-0.39, 0.29) is 38.8 Å². The molecule has 3 nitrogen and oxygen atoms in total. The molecule has 0 saturated heterocycles. The molecule has 0 fully saturated rings. The van der Waals surface area contributed by atoms with Crippen LogP contribution in [-0.2, 0) is 37.5 Å². The fourth-order valence-corrected chi connectivity index (χ4v) is 0. The van der Waals surface area contributed by atoms with Gasteiger partial charge in [-0.2, -0.15) is 0 Å². The molecule has 0 aromatic carbocycles. The summed E-state index contributed by atoms with van der Waals surface area (Å²) >= 11 is 0. The van der Waals surface area contributed by atoms with Crippen molar-refractivity contribution in [1.82, 2.24) is 0 Å². The molecule has 0 aliphatic carbocycles. The standard InChI is InChI=1S/C3H8N.C2H5NO.C2H6.Y/c1-3(2)4;1-2(3)4;1-2;/h3-4H,1-2H3;1H3,(H2,3,4);1-2H3;/q-1;;;/p-1. The minimum atomic E-state index is -0.583. The van der Waals surface area contributed by atoms with Gasteiger partial charge in [0, 0.05) is 38.6 Å². The minimum Gasteiger partial charge on any atom is -0.675 e. The van der Waals surface area contributed by atoms with Crippen molar-refractivity contribution in [3.05, 3.63) is 11.5 Å². The Balaban J connectivity index is -0.0000000339. The number of carbonyl (C=O) groups is 1. The van der Waals surface area contributed by atoms with Crippen LogP contribution in [0.3, 0.4) is 0 Å². The van der Waals surface area contributed by atoms with Gasteiger partial charge in [0.2, 0.25) is 0 Å². The molecule has 0 heterocycles. The number of hydrogen-bond donors (Lipinski definition) is 0. The molecule has 0 aromatic heterocycles. The monoisotopic (exact) mass is 235 g/mol. The summed E-state index contributed by atoms with van der Waals surface area (Å²) in [7, 11) is 0. The second kappa shape index (κ2) is 22.4. The van der Waals surface area contributed by atoms with Gasteiger partial charge in [-0.1, -0.05) is 27.7 Å². The second-order valence-corrected chi connectivity index (χ2v) is 1.71. The van der Waals surface area contributed by atoms with Crippen LogP contribution in [0.2, 0.25) is 0 Å². The molecule has 0 aliphatic rings. The second-order valence-electron chi connectivity index (χ2n) is 1.71. The van der Waals surface area contributed by atoms with Gasteiger partial charge in [0.15, 0.2) is 0 Å². The zero-order valence-electron chi connectivity index (χ0n) is 8.06. The van der Waals surface area contributed by atoms with Crippen LogP contribution >= 0.6 is 0 Å². The maximum Gasteiger partial charge on any atom is 0.0456 e. The fourth-order valence-electron chi connectivity index (χ4n) is 0. The average Bonchev–Trinajstić information content (AvgIpc) is 1.66. The quantitative estimate of drug-likeness (QED) is 0.636. The van der Waals surface area contributed by atoms with E-state index in [1.165, 1.54) is 6.92 Å². The van der Waals surface area contributed by atoms with Crippen molar-refractivity contribution in [2.24, 2.45) is 0 Å². The predicted molar refractivity (Wildman–Crippen MR) is 45.8 cm³/mol. The summed E-state index contributed by atoms with van der Waals surface area (Å²) in [6, 6.07) is 0.0833. The fraction of sp³-hybridized carbons (Fsp3) is 0.857. The molecule has 0 saturated carbocycles. The van der Waals surface area contributed by atoms with Crippen LogP contribution in [0.1, 0.15) is 34.6 Å². The van der Waals surface area contributed by atoms with E-state index in [0.29, 0.717) is 0 Å². The first-order chi connectivity index (χ1) is 4.46. The topological polar surface area (TPSA) is 64.7 Å². The molecule has 67 valence electrons. The van der Waals surface area contributed by atoms with E-state index in [1.807, 2.05) is 27.7 Å². The van der Waals surface area contributed by atoms with E-state index in [4.69, 9.17) is 16.3 Å². The van der Waals surface area contributed by atoms with E-state index >= 15 is 0 Å². The summed E-state index contributed by atoms with van der Waals surface area (Å²) < 4.78 is 0. The third kappa shape index (κ3) is 2690. The molecule has 4 heteroatoms. The van der Waals surface area contributed by atoms with Crippen LogP contribution in [0, 0.1) is 0 Å². The van der Waals surface area contributed by atoms with Crippen LogP contribution in [0.15, 0.2) is 0 Å². The first-order valence-corrected chi connectivity index (χ1v) is 3.40. The van der Waals surface area contributed by atoms with Crippen molar-refractivity contribution in [2.75, 3.05) is 0 Å². The molecule has 0 rings (SSSR count). The number of carbonyl (C=O) groups excluding carboxylic acids is 1. The molecular weight excluding hydrogens is 217 g/mol. The molecule has 0 atom stereocenters. The SMILES string of the molecule is CC.CC(C)[NH-].CC([NH-])=O.[Y]. The van der Waals surface area contributed by atoms with Gasteiger partial charge in [-0.05, 0) is 6.92 Å². The van der Waals surface area contributed by atoms with E-state index in [9.17, 15) is 0 Å². The Morgan fingerprint density at radius 1 is 1.27 bits per heavy atom. The Kier molecular flexibility index (Phi) is 46.0. The van der Waals surface area contributed by atoms with Gasteiger partial charge in [0.25, 0.3) is 0 Å². The summed E-state index contributed by atoms with van der Waals surface area (Å²) in [5, 5.41) is 0. The van der Waals surface area contributed by atoms with E-state index in [1.54, 1.807) is 0 Å². The van der Waals surface area contributed by atoms with Gasteiger partial charge in [0.1, 0.15) is 0 Å². The first kappa shape index (κ1) is 22.5. The summed E-state index contributed by atoms with van der Waals surface area (Å²) in [5.41, 5.74) is 12.5. The molecule has 1 radical (unpaired) electrons. The van der Waals surface area contributed by atoms with Crippen molar-refractivity contribution in [2.45, 2.75) is 40.7 Å². The smallest absolute Gasteiger partial charge is 0.0456 e. The summed E-state index contributed by atoms with van der Waals surface area (Å²) in [6.07, 6.45) is 0. The maximum atomic E-state index is 9.11. The van der Waals surface area contributed by atoms with Crippen LogP contribution < -0.4 is 0 Å². The third-order valence-corrected chi connectivity index (χ3v) is 0. The van der Waals surface area contributed by atoms with Crippen LogP contribution in [-0.4, -0.2) is 11.9 Å². The number of nitrogens with one attached hydrogen (secondary N) is 2. The van der Waals surface area contributed by atoms with E-state index in [0.717, 1.165) is 0 Å². The molecule has 0 aliphatic heterocycles. The maximum absolute atomic E-state index is 9.11. The van der Waals surface area contributed by atoms with Gasteiger partial charge >= 0.3 is 0 Å². The first-order valence-electron chi connectivity index (χ1n) is 3.40. The van der Waals surface area contributed by atoms with Crippen molar-refractivity contribution in [1.29, 1.82) is 0 Å². The van der Waals surface area contributed by atoms with Crippen LogP contribution in [0.25, 0.3) is 11.5 Å². The Bertz CT molecular complexity index is 60.7. The van der Waals surface area contributed by atoms with Crippen molar-refractivity contribution in [3.8, 4) is 0 Å². The minimum absolute atomic E-state index is 0. The van der Waals surface area contributed by atoms with Crippen molar-refractivity contribution < 1.29 is 37.5 Å². The van der Waals surface area contributed by atoms with E-state index in [2.05, 4.69) is 0 Å². The molecule has 2 N–H and O–H groups in total. The zero-order valence-corrected chi connectivity index (χ0v) is 10.9. The van der Waals surface area contributed by atoms with E-state index < -0.39 is 5.91 Å².